The van der Waals surface area contributed by atoms with Crippen molar-refractivity contribution in [1.29, 1.82) is 0 Å². The van der Waals surface area contributed by atoms with Crippen molar-refractivity contribution in [2.75, 3.05) is 7.11 Å². The first-order chi connectivity index (χ1) is 14.3. The standard InChI is InChI=1S/C25H36O5/c1-25(29,17-15-19-10-7-8-11-19)16-9-13-21-20(22(26)18-23(21)27)12-5-3-4-6-14-24(28)30-2/h3-4,9-10,13,15,17,20-21,23,27,29H,5-8,11-12,14,16,18H2,1-2H3/b4-3+,13-9+,17-15+/t20-,21+,23+,25+/m0/s1. The topological polar surface area (TPSA) is 83.8 Å². The Morgan fingerprint density at radius 3 is 2.77 bits per heavy atom. The Labute approximate surface area is 180 Å². The summed E-state index contributed by atoms with van der Waals surface area (Å²) in [5.74, 6) is -0.548. The minimum Gasteiger partial charge on any atom is -0.469 e. The lowest BCUT2D eigenvalue weighted by Gasteiger charge is -2.19. The Morgan fingerprint density at radius 1 is 1.30 bits per heavy atom. The van der Waals surface area contributed by atoms with Gasteiger partial charge in [0.1, 0.15) is 5.78 Å². The van der Waals surface area contributed by atoms with Crippen molar-refractivity contribution in [2.45, 2.75) is 76.4 Å². The number of methoxy groups -OCH3 is 1. The molecule has 0 spiro atoms. The predicted octanol–water partition coefficient (Wildman–Crippen LogP) is 4.21. The van der Waals surface area contributed by atoms with Crippen LogP contribution in [0.15, 0.2) is 48.1 Å². The third-order valence-corrected chi connectivity index (χ3v) is 5.91. The molecular formula is C25H36O5. The molecule has 0 amide bonds. The van der Waals surface area contributed by atoms with E-state index in [9.17, 15) is 19.8 Å². The van der Waals surface area contributed by atoms with Gasteiger partial charge in [-0.25, -0.2) is 0 Å². The van der Waals surface area contributed by atoms with Gasteiger partial charge >= 0.3 is 5.97 Å². The number of hydrogen-bond acceptors (Lipinski definition) is 5. The maximum absolute atomic E-state index is 12.3. The monoisotopic (exact) mass is 416 g/mol. The first kappa shape index (κ1) is 24.3. The summed E-state index contributed by atoms with van der Waals surface area (Å²) in [5, 5.41) is 20.9. The van der Waals surface area contributed by atoms with E-state index in [0.29, 0.717) is 25.7 Å². The van der Waals surface area contributed by atoms with E-state index in [-0.39, 0.29) is 30.0 Å². The molecule has 0 aliphatic heterocycles. The zero-order chi connectivity index (χ0) is 22.0. The number of ether oxygens (including phenoxy) is 1. The molecule has 4 atom stereocenters. The first-order valence-corrected chi connectivity index (χ1v) is 11.0. The van der Waals surface area contributed by atoms with Crippen LogP contribution in [0, 0.1) is 11.8 Å². The van der Waals surface area contributed by atoms with Crippen LogP contribution < -0.4 is 0 Å². The molecule has 2 aliphatic carbocycles. The van der Waals surface area contributed by atoms with Crippen molar-refractivity contribution in [3.8, 4) is 0 Å². The largest absolute Gasteiger partial charge is 0.469 e. The molecule has 1 fully saturated rings. The molecule has 2 N–H and O–H groups in total. The molecule has 0 unspecified atom stereocenters. The highest BCUT2D eigenvalue weighted by Gasteiger charge is 2.39. The van der Waals surface area contributed by atoms with Crippen molar-refractivity contribution in [3.63, 3.8) is 0 Å². The number of carbonyl (C=O) groups is 2. The minimum atomic E-state index is -0.953. The SMILES string of the molecule is COC(=O)CC/C=C/CC[C@@H]1C(=O)C[C@@H](O)[C@@H]1/C=C/C[C@@](C)(O)/C=C/C1=CCCC1. The molecule has 30 heavy (non-hydrogen) atoms. The Morgan fingerprint density at radius 2 is 2.07 bits per heavy atom. The van der Waals surface area contributed by atoms with Gasteiger partial charge < -0.3 is 14.9 Å². The fourth-order valence-electron chi connectivity index (χ4n) is 4.07. The maximum Gasteiger partial charge on any atom is 0.305 e. The van der Waals surface area contributed by atoms with Crippen LogP contribution in [-0.2, 0) is 14.3 Å². The van der Waals surface area contributed by atoms with Crippen molar-refractivity contribution in [2.24, 2.45) is 11.8 Å². The first-order valence-electron chi connectivity index (χ1n) is 11.0. The summed E-state index contributed by atoms with van der Waals surface area (Å²) >= 11 is 0. The molecule has 5 nitrogen and oxygen atoms in total. The van der Waals surface area contributed by atoms with Gasteiger partial charge in [-0.3, -0.25) is 9.59 Å². The molecular weight excluding hydrogens is 380 g/mol. The van der Waals surface area contributed by atoms with Gasteiger partial charge in [0.25, 0.3) is 0 Å². The van der Waals surface area contributed by atoms with Gasteiger partial charge in [0.05, 0.1) is 18.8 Å². The lowest BCUT2D eigenvalue weighted by atomic mass is 9.88. The van der Waals surface area contributed by atoms with E-state index in [1.807, 2.05) is 36.5 Å². The van der Waals surface area contributed by atoms with Gasteiger partial charge in [0.15, 0.2) is 0 Å². The van der Waals surface area contributed by atoms with Crippen molar-refractivity contribution < 1.29 is 24.5 Å². The Kier molecular flexibility index (Phi) is 9.73. The second-order valence-corrected chi connectivity index (χ2v) is 8.58. The summed E-state index contributed by atoms with van der Waals surface area (Å²) in [7, 11) is 1.37. The van der Waals surface area contributed by atoms with E-state index >= 15 is 0 Å². The number of aliphatic hydroxyl groups is 2. The van der Waals surface area contributed by atoms with Gasteiger partial charge in [0, 0.05) is 24.7 Å². The van der Waals surface area contributed by atoms with Gasteiger partial charge in [-0.2, -0.15) is 0 Å². The number of allylic oxidation sites excluding steroid dienone is 5. The van der Waals surface area contributed by atoms with Crippen LogP contribution in [0.4, 0.5) is 0 Å². The van der Waals surface area contributed by atoms with E-state index in [4.69, 9.17) is 0 Å². The molecule has 0 aromatic heterocycles. The Balaban J connectivity index is 1.83. The third kappa shape index (κ3) is 8.04. The zero-order valence-electron chi connectivity index (χ0n) is 18.3. The number of hydrogen-bond donors (Lipinski definition) is 2. The smallest absolute Gasteiger partial charge is 0.305 e. The number of esters is 1. The molecule has 2 rings (SSSR count). The highest BCUT2D eigenvalue weighted by Crippen LogP contribution is 2.34. The van der Waals surface area contributed by atoms with Gasteiger partial charge in [-0.15, -0.1) is 0 Å². The summed E-state index contributed by atoms with van der Waals surface area (Å²) in [6.07, 6.45) is 19.4. The number of Topliss-reactive ketones (excluding diaryl/α,β-unsaturated/α-hetero) is 1. The molecule has 0 radical (unpaired) electrons. The van der Waals surface area contributed by atoms with Crippen LogP contribution in [0.1, 0.15) is 64.7 Å². The normalized spacial score (nSPS) is 26.7. The van der Waals surface area contributed by atoms with Crippen molar-refractivity contribution in [3.05, 3.63) is 48.1 Å². The number of ketones is 1. The molecule has 5 heteroatoms. The Bertz CT molecular complexity index is 698. The van der Waals surface area contributed by atoms with Crippen LogP contribution in [0.5, 0.6) is 0 Å². The van der Waals surface area contributed by atoms with E-state index in [1.54, 1.807) is 6.92 Å². The second-order valence-electron chi connectivity index (χ2n) is 8.58. The van der Waals surface area contributed by atoms with Crippen LogP contribution in [0.2, 0.25) is 0 Å². The Hall–Kier alpha value is -1.98. The van der Waals surface area contributed by atoms with Crippen LogP contribution in [-0.4, -0.2) is 40.8 Å². The summed E-state index contributed by atoms with van der Waals surface area (Å²) in [6, 6.07) is 0. The average Bonchev–Trinajstić information content (AvgIpc) is 3.31. The molecule has 0 aromatic carbocycles. The van der Waals surface area contributed by atoms with Gasteiger partial charge in [-0.1, -0.05) is 48.1 Å². The molecule has 0 saturated heterocycles. The molecule has 1 saturated carbocycles. The van der Waals surface area contributed by atoms with E-state index in [2.05, 4.69) is 10.8 Å². The summed E-state index contributed by atoms with van der Waals surface area (Å²) in [4.78, 5) is 23.4. The zero-order valence-corrected chi connectivity index (χ0v) is 18.3. The fraction of sp³-hybridized carbons (Fsp3) is 0.600. The predicted molar refractivity (Wildman–Crippen MR) is 118 cm³/mol. The molecule has 166 valence electrons. The molecule has 0 bridgehead atoms. The third-order valence-electron chi connectivity index (χ3n) is 5.91. The van der Waals surface area contributed by atoms with Crippen molar-refractivity contribution >= 4 is 11.8 Å². The van der Waals surface area contributed by atoms with Crippen LogP contribution >= 0.6 is 0 Å². The number of aliphatic hydroxyl groups excluding tert-OH is 1. The van der Waals surface area contributed by atoms with E-state index in [0.717, 1.165) is 19.3 Å². The van der Waals surface area contributed by atoms with E-state index < -0.39 is 11.7 Å². The molecule has 0 heterocycles. The van der Waals surface area contributed by atoms with Gasteiger partial charge in [-0.05, 0) is 51.9 Å². The molecule has 0 aromatic rings. The summed E-state index contributed by atoms with van der Waals surface area (Å²) < 4.78 is 4.60. The van der Waals surface area contributed by atoms with E-state index in [1.165, 1.54) is 19.1 Å². The lowest BCUT2D eigenvalue weighted by Crippen LogP contribution is -2.21. The number of rotatable bonds is 11. The minimum absolute atomic E-state index is 0.0972. The average molecular weight is 417 g/mol. The highest BCUT2D eigenvalue weighted by molar-refractivity contribution is 5.84. The quantitative estimate of drug-likeness (QED) is 0.389. The van der Waals surface area contributed by atoms with Crippen LogP contribution in [0.3, 0.4) is 0 Å². The highest BCUT2D eigenvalue weighted by atomic mass is 16.5. The lowest BCUT2D eigenvalue weighted by molar-refractivity contribution is -0.140. The summed E-state index contributed by atoms with van der Waals surface area (Å²) in [6.45, 7) is 1.77. The maximum atomic E-state index is 12.3. The summed E-state index contributed by atoms with van der Waals surface area (Å²) in [5.41, 5.74) is 0.321. The van der Waals surface area contributed by atoms with Crippen LogP contribution in [0.25, 0.3) is 0 Å². The molecule has 2 aliphatic rings. The number of carbonyl (C=O) groups excluding carboxylic acids is 2. The second kappa shape index (κ2) is 12.0. The van der Waals surface area contributed by atoms with Crippen molar-refractivity contribution in [1.82, 2.24) is 0 Å². The van der Waals surface area contributed by atoms with Gasteiger partial charge in [0.2, 0.25) is 0 Å². The fourth-order valence-corrected chi connectivity index (χ4v) is 4.07.